The first kappa shape index (κ1) is 14.2. The summed E-state index contributed by atoms with van der Waals surface area (Å²) >= 11 is 3.23. The molecular formula is C14H9BrFNO3. The maximum absolute atomic E-state index is 13.8. The van der Waals surface area contributed by atoms with Crippen molar-refractivity contribution < 1.29 is 19.0 Å². The van der Waals surface area contributed by atoms with Gasteiger partial charge in [0.25, 0.3) is 0 Å². The van der Waals surface area contributed by atoms with E-state index in [4.69, 9.17) is 9.84 Å². The number of carbonyl (C=O) groups is 1. The van der Waals surface area contributed by atoms with E-state index in [0.29, 0.717) is 15.8 Å². The van der Waals surface area contributed by atoms with E-state index in [1.807, 2.05) is 0 Å². The lowest BCUT2D eigenvalue weighted by Gasteiger charge is -2.09. The van der Waals surface area contributed by atoms with Crippen molar-refractivity contribution in [1.82, 2.24) is 4.98 Å². The van der Waals surface area contributed by atoms with Crippen LogP contribution in [0.15, 0.2) is 47.2 Å². The third-order valence-corrected chi connectivity index (χ3v) is 2.74. The second kappa shape index (κ2) is 6.29. The van der Waals surface area contributed by atoms with Gasteiger partial charge < -0.3 is 9.84 Å². The van der Waals surface area contributed by atoms with Crippen LogP contribution in [-0.2, 0) is 4.79 Å². The highest BCUT2D eigenvalue weighted by molar-refractivity contribution is 9.10. The quantitative estimate of drug-likeness (QED) is 0.860. The number of carboxylic acid groups (broad SMARTS) is 1. The molecule has 0 unspecified atom stereocenters. The highest BCUT2D eigenvalue weighted by Gasteiger charge is 2.10. The van der Waals surface area contributed by atoms with Crippen molar-refractivity contribution in [3.8, 4) is 11.5 Å². The molecular weight excluding hydrogens is 329 g/mol. The number of benzene rings is 1. The predicted octanol–water partition coefficient (Wildman–Crippen LogP) is 3.87. The van der Waals surface area contributed by atoms with Crippen molar-refractivity contribution in [2.45, 2.75) is 0 Å². The minimum absolute atomic E-state index is 0.0510. The highest BCUT2D eigenvalue weighted by atomic mass is 79.9. The Balaban J connectivity index is 2.37. The summed E-state index contributed by atoms with van der Waals surface area (Å²) in [5.41, 5.74) is 0.326. The molecule has 0 bridgehead atoms. The molecule has 0 aliphatic rings. The van der Waals surface area contributed by atoms with Crippen LogP contribution in [0.3, 0.4) is 0 Å². The minimum atomic E-state index is -1.12. The number of para-hydroxylation sites is 1. The van der Waals surface area contributed by atoms with Gasteiger partial charge >= 0.3 is 5.97 Å². The second-order valence-corrected chi connectivity index (χ2v) is 4.69. The molecule has 0 saturated heterocycles. The molecule has 0 amide bonds. The summed E-state index contributed by atoms with van der Waals surface area (Å²) in [7, 11) is 0. The van der Waals surface area contributed by atoms with Gasteiger partial charge in [0.05, 0.1) is 6.20 Å². The van der Waals surface area contributed by atoms with Crippen molar-refractivity contribution in [2.75, 3.05) is 0 Å². The standard InChI is InChI=1S/C14H9BrFNO3/c15-10-6-11(8-17-7-10)20-14-9(4-5-13(18)19)2-1-3-12(14)16/h1-8H,(H,18,19)/b5-4+. The number of hydrogen-bond acceptors (Lipinski definition) is 3. The zero-order valence-corrected chi connectivity index (χ0v) is 11.7. The van der Waals surface area contributed by atoms with Crippen LogP contribution in [0.2, 0.25) is 0 Å². The van der Waals surface area contributed by atoms with Crippen LogP contribution in [0.4, 0.5) is 4.39 Å². The van der Waals surface area contributed by atoms with E-state index in [0.717, 1.165) is 6.08 Å². The Bertz CT molecular complexity index is 673. The van der Waals surface area contributed by atoms with E-state index in [9.17, 15) is 9.18 Å². The Morgan fingerprint density at radius 2 is 2.20 bits per heavy atom. The Morgan fingerprint density at radius 3 is 2.90 bits per heavy atom. The summed E-state index contributed by atoms with van der Waals surface area (Å²) in [5.74, 6) is -1.42. The van der Waals surface area contributed by atoms with E-state index < -0.39 is 11.8 Å². The molecule has 1 aromatic carbocycles. The van der Waals surface area contributed by atoms with Crippen LogP contribution >= 0.6 is 15.9 Å². The van der Waals surface area contributed by atoms with Crippen LogP contribution < -0.4 is 4.74 Å². The third-order valence-electron chi connectivity index (χ3n) is 2.30. The monoisotopic (exact) mass is 337 g/mol. The summed E-state index contributed by atoms with van der Waals surface area (Å²) in [5, 5.41) is 8.62. The molecule has 0 radical (unpaired) electrons. The van der Waals surface area contributed by atoms with E-state index in [-0.39, 0.29) is 5.75 Å². The molecule has 4 nitrogen and oxygen atoms in total. The van der Waals surface area contributed by atoms with Gasteiger partial charge in [0, 0.05) is 22.3 Å². The van der Waals surface area contributed by atoms with Crippen molar-refractivity contribution in [3.63, 3.8) is 0 Å². The molecule has 2 aromatic rings. The van der Waals surface area contributed by atoms with E-state index in [1.165, 1.54) is 24.4 Å². The fraction of sp³-hybridized carbons (Fsp3) is 0. The van der Waals surface area contributed by atoms with Gasteiger partial charge in [0.15, 0.2) is 11.6 Å². The molecule has 0 saturated carbocycles. The Kier molecular flexibility index (Phi) is 4.47. The molecule has 0 fully saturated rings. The molecule has 0 atom stereocenters. The second-order valence-electron chi connectivity index (χ2n) is 3.77. The number of halogens is 2. The summed E-state index contributed by atoms with van der Waals surface area (Å²) in [6.07, 6.45) is 5.19. The summed E-state index contributed by atoms with van der Waals surface area (Å²) in [6, 6.07) is 5.90. The lowest BCUT2D eigenvalue weighted by Crippen LogP contribution is -1.93. The van der Waals surface area contributed by atoms with Gasteiger partial charge in [-0.3, -0.25) is 4.98 Å². The number of aromatic nitrogens is 1. The predicted molar refractivity (Wildman–Crippen MR) is 75.1 cm³/mol. The average Bonchev–Trinajstić information content (AvgIpc) is 2.39. The van der Waals surface area contributed by atoms with Crippen molar-refractivity contribution >= 4 is 28.0 Å². The summed E-state index contributed by atoms with van der Waals surface area (Å²) in [4.78, 5) is 14.4. The van der Waals surface area contributed by atoms with Crippen molar-refractivity contribution in [1.29, 1.82) is 0 Å². The zero-order chi connectivity index (χ0) is 14.5. The van der Waals surface area contributed by atoms with Gasteiger partial charge in [-0.05, 0) is 34.1 Å². The minimum Gasteiger partial charge on any atom is -0.478 e. The molecule has 1 N–H and O–H groups in total. The molecule has 102 valence electrons. The fourth-order valence-electron chi connectivity index (χ4n) is 1.49. The fourth-order valence-corrected chi connectivity index (χ4v) is 1.84. The number of rotatable bonds is 4. The number of nitrogens with zero attached hydrogens (tertiary/aromatic N) is 1. The molecule has 2 rings (SSSR count). The molecule has 0 aliphatic heterocycles. The van der Waals surface area contributed by atoms with Crippen molar-refractivity contribution in [2.24, 2.45) is 0 Å². The molecule has 1 heterocycles. The van der Waals surface area contributed by atoms with E-state index in [1.54, 1.807) is 18.3 Å². The Morgan fingerprint density at radius 1 is 1.40 bits per heavy atom. The lowest BCUT2D eigenvalue weighted by molar-refractivity contribution is -0.131. The maximum atomic E-state index is 13.8. The first-order valence-corrected chi connectivity index (χ1v) is 6.33. The van der Waals surface area contributed by atoms with Crippen LogP contribution in [0.5, 0.6) is 11.5 Å². The van der Waals surface area contributed by atoms with Gasteiger partial charge in [-0.2, -0.15) is 0 Å². The molecule has 0 spiro atoms. The SMILES string of the molecule is O=C(O)/C=C/c1cccc(F)c1Oc1cncc(Br)c1. The lowest BCUT2D eigenvalue weighted by atomic mass is 10.2. The van der Waals surface area contributed by atoms with Crippen LogP contribution in [0.25, 0.3) is 6.08 Å². The van der Waals surface area contributed by atoms with Gasteiger partial charge in [-0.1, -0.05) is 12.1 Å². The average molecular weight is 338 g/mol. The normalized spacial score (nSPS) is 10.7. The van der Waals surface area contributed by atoms with Gasteiger partial charge in [-0.15, -0.1) is 0 Å². The van der Waals surface area contributed by atoms with Gasteiger partial charge in [0.1, 0.15) is 5.75 Å². The largest absolute Gasteiger partial charge is 0.478 e. The number of carboxylic acids is 1. The third kappa shape index (κ3) is 3.64. The molecule has 0 aliphatic carbocycles. The highest BCUT2D eigenvalue weighted by Crippen LogP contribution is 2.30. The number of aliphatic carboxylic acids is 1. The van der Waals surface area contributed by atoms with Gasteiger partial charge in [-0.25, -0.2) is 9.18 Å². The topological polar surface area (TPSA) is 59.4 Å². The molecule has 20 heavy (non-hydrogen) atoms. The molecule has 6 heteroatoms. The smallest absolute Gasteiger partial charge is 0.328 e. The Hall–Kier alpha value is -2.21. The summed E-state index contributed by atoms with van der Waals surface area (Å²) in [6.45, 7) is 0. The summed E-state index contributed by atoms with van der Waals surface area (Å²) < 4.78 is 20.0. The van der Waals surface area contributed by atoms with Crippen LogP contribution in [0, 0.1) is 5.82 Å². The number of ether oxygens (including phenoxy) is 1. The van der Waals surface area contributed by atoms with Gasteiger partial charge in [0.2, 0.25) is 0 Å². The number of hydrogen-bond donors (Lipinski definition) is 1. The van der Waals surface area contributed by atoms with Crippen LogP contribution in [0.1, 0.15) is 5.56 Å². The molecule has 1 aromatic heterocycles. The Labute approximate surface area is 122 Å². The van der Waals surface area contributed by atoms with E-state index in [2.05, 4.69) is 20.9 Å². The zero-order valence-electron chi connectivity index (χ0n) is 10.1. The van der Waals surface area contributed by atoms with Crippen LogP contribution in [-0.4, -0.2) is 16.1 Å². The number of pyridine rings is 1. The maximum Gasteiger partial charge on any atom is 0.328 e. The van der Waals surface area contributed by atoms with Crippen molar-refractivity contribution in [3.05, 3.63) is 58.6 Å². The first-order valence-electron chi connectivity index (χ1n) is 5.54. The van der Waals surface area contributed by atoms with E-state index >= 15 is 0 Å². The first-order chi connectivity index (χ1) is 9.56.